The van der Waals surface area contributed by atoms with E-state index in [2.05, 4.69) is 10.3 Å². The Morgan fingerprint density at radius 3 is 2.93 bits per heavy atom. The Morgan fingerprint density at radius 2 is 2.21 bits per heavy atom. The van der Waals surface area contributed by atoms with Crippen LogP contribution in [0, 0.1) is 0 Å². The largest absolute Gasteiger partial charge is 0.463 e. The Balaban J connectivity index is 1.76. The minimum atomic E-state index is -0.150. The van der Waals surface area contributed by atoms with Gasteiger partial charge in [-0.1, -0.05) is 22.9 Å². The quantitative estimate of drug-likeness (QED) is 0.469. The molecule has 7 nitrogen and oxygen atoms in total. The Morgan fingerprint density at radius 1 is 1.34 bits per heavy atom. The van der Waals surface area contributed by atoms with Gasteiger partial charge < -0.3 is 15.5 Å². The van der Waals surface area contributed by atoms with Gasteiger partial charge in [0.15, 0.2) is 10.9 Å². The fourth-order valence-electron chi connectivity index (χ4n) is 3.55. The van der Waals surface area contributed by atoms with E-state index in [-0.39, 0.29) is 5.91 Å². The second-order valence-electron chi connectivity index (χ2n) is 6.75. The molecule has 1 amide bonds. The van der Waals surface area contributed by atoms with E-state index in [9.17, 15) is 4.79 Å². The summed E-state index contributed by atoms with van der Waals surface area (Å²) in [5, 5.41) is 8.71. The molecule has 3 N–H and O–H groups in total. The summed E-state index contributed by atoms with van der Waals surface area (Å²) in [5.41, 5.74) is 10.9. The lowest BCUT2D eigenvalue weighted by Gasteiger charge is -2.14. The van der Waals surface area contributed by atoms with Crippen molar-refractivity contribution >= 4 is 39.7 Å². The molecule has 0 aliphatic heterocycles. The molecule has 9 heteroatoms. The van der Waals surface area contributed by atoms with Gasteiger partial charge in [0.25, 0.3) is 0 Å². The number of hydrogen-bond acceptors (Lipinski definition) is 6. The number of aromatic nitrogens is 3. The van der Waals surface area contributed by atoms with Crippen molar-refractivity contribution in [2.45, 2.75) is 19.8 Å². The molecule has 1 aromatic carbocycles. The Hall–Kier alpha value is -3.10. The summed E-state index contributed by atoms with van der Waals surface area (Å²) in [7, 11) is 0. The van der Waals surface area contributed by atoms with E-state index in [1.54, 1.807) is 18.4 Å². The number of aryl methyl sites for hydroxylation is 1. The van der Waals surface area contributed by atoms with Crippen LogP contribution in [0.25, 0.3) is 27.7 Å². The second-order valence-corrected chi connectivity index (χ2v) is 8.16. The van der Waals surface area contributed by atoms with Crippen molar-refractivity contribution in [3.05, 3.63) is 52.9 Å². The average Bonchev–Trinajstić information content (AvgIpc) is 3.38. The number of benzene rings is 1. The van der Waals surface area contributed by atoms with Gasteiger partial charge in [0.05, 0.1) is 33.2 Å². The summed E-state index contributed by atoms with van der Waals surface area (Å²) in [6.45, 7) is 1.47. The summed E-state index contributed by atoms with van der Waals surface area (Å²) >= 11 is 7.94. The highest BCUT2D eigenvalue weighted by molar-refractivity contribution is 7.19. The summed E-state index contributed by atoms with van der Waals surface area (Å²) in [5.74, 6) is 0.546. The van der Waals surface area contributed by atoms with Gasteiger partial charge in [-0.3, -0.25) is 4.79 Å². The molecule has 146 valence electrons. The summed E-state index contributed by atoms with van der Waals surface area (Å²) < 4.78 is 7.45. The van der Waals surface area contributed by atoms with Crippen molar-refractivity contribution < 1.29 is 9.21 Å². The molecule has 29 heavy (non-hydrogen) atoms. The molecule has 4 aromatic rings. The third kappa shape index (κ3) is 3.01. The van der Waals surface area contributed by atoms with E-state index in [1.807, 2.05) is 22.9 Å². The van der Waals surface area contributed by atoms with Gasteiger partial charge in [-0.05, 0) is 43.2 Å². The Kier molecular flexibility index (Phi) is 4.18. The molecule has 0 radical (unpaired) electrons. The van der Waals surface area contributed by atoms with E-state index in [4.69, 9.17) is 26.9 Å². The van der Waals surface area contributed by atoms with Gasteiger partial charge in [-0.25, -0.2) is 9.67 Å². The number of nitrogens with one attached hydrogen (secondary N) is 1. The highest BCUT2D eigenvalue weighted by atomic mass is 35.5. The number of halogens is 1. The molecule has 0 bridgehead atoms. The number of thiazole rings is 1. The average molecular weight is 426 g/mol. The lowest BCUT2D eigenvalue weighted by Crippen LogP contribution is -2.07. The van der Waals surface area contributed by atoms with Crippen molar-refractivity contribution in [1.82, 2.24) is 14.8 Å². The van der Waals surface area contributed by atoms with Crippen LogP contribution < -0.4 is 11.1 Å². The maximum atomic E-state index is 11.5. The highest BCUT2D eigenvalue weighted by Gasteiger charge is 2.31. The first-order valence-corrected chi connectivity index (χ1v) is 10.2. The lowest BCUT2D eigenvalue weighted by atomic mass is 9.97. The van der Waals surface area contributed by atoms with Crippen LogP contribution in [0.2, 0.25) is 5.02 Å². The zero-order valence-corrected chi connectivity index (χ0v) is 17.0. The predicted molar refractivity (Wildman–Crippen MR) is 114 cm³/mol. The molecular weight excluding hydrogens is 410 g/mol. The SMILES string of the molecule is CC(=O)Nc1nc2c(s1)-c1c(c(-c3ccco3)nn1-c1ccc(N)cc1Cl)CC2. The van der Waals surface area contributed by atoms with E-state index in [1.165, 1.54) is 18.3 Å². The first kappa shape index (κ1) is 18.0. The van der Waals surface area contributed by atoms with E-state index in [0.717, 1.165) is 46.1 Å². The summed E-state index contributed by atoms with van der Waals surface area (Å²) in [6, 6.07) is 9.08. The summed E-state index contributed by atoms with van der Waals surface area (Å²) in [4.78, 5) is 17.1. The van der Waals surface area contributed by atoms with Crippen LogP contribution in [0.4, 0.5) is 10.8 Å². The van der Waals surface area contributed by atoms with Crippen LogP contribution in [0.3, 0.4) is 0 Å². The van der Waals surface area contributed by atoms with Crippen LogP contribution in [0.15, 0.2) is 41.0 Å². The standard InChI is InChI=1S/C20H16ClN5O2S/c1-10(27)23-20-24-14-6-5-12-17(16-3-2-8-28-16)25-26(18(12)19(14)29-20)15-7-4-11(22)9-13(15)21/h2-4,7-9H,5-6,22H2,1H3,(H,23,24,27). The van der Waals surface area contributed by atoms with E-state index in [0.29, 0.717) is 21.6 Å². The zero-order chi connectivity index (χ0) is 20.1. The van der Waals surface area contributed by atoms with Gasteiger partial charge in [-0.15, -0.1) is 0 Å². The van der Waals surface area contributed by atoms with Crippen molar-refractivity contribution in [3.63, 3.8) is 0 Å². The number of furan rings is 1. The van der Waals surface area contributed by atoms with Crippen molar-refractivity contribution in [1.29, 1.82) is 0 Å². The van der Waals surface area contributed by atoms with E-state index >= 15 is 0 Å². The van der Waals surface area contributed by atoms with Crippen molar-refractivity contribution in [2.75, 3.05) is 11.1 Å². The number of fused-ring (bicyclic) bond motifs is 3. The molecule has 5 rings (SSSR count). The predicted octanol–water partition coefficient (Wildman–Crippen LogP) is 4.55. The number of nitrogens with zero attached hydrogens (tertiary/aromatic N) is 3. The normalized spacial score (nSPS) is 12.5. The fourth-order valence-corrected chi connectivity index (χ4v) is 4.94. The van der Waals surface area contributed by atoms with Crippen LogP contribution in [0.1, 0.15) is 18.2 Å². The molecule has 0 unspecified atom stereocenters. The number of rotatable bonds is 3. The third-order valence-electron chi connectivity index (χ3n) is 4.75. The van der Waals surface area contributed by atoms with E-state index < -0.39 is 0 Å². The van der Waals surface area contributed by atoms with Gasteiger partial charge in [0.1, 0.15) is 5.69 Å². The van der Waals surface area contributed by atoms with Crippen LogP contribution in [0.5, 0.6) is 0 Å². The number of carbonyl (C=O) groups is 1. The van der Waals surface area contributed by atoms with Crippen LogP contribution in [-0.2, 0) is 17.6 Å². The fraction of sp³-hybridized carbons (Fsp3) is 0.150. The molecule has 0 saturated carbocycles. The number of nitrogens with two attached hydrogens (primary N) is 1. The van der Waals surface area contributed by atoms with Crippen molar-refractivity contribution in [2.24, 2.45) is 0 Å². The highest BCUT2D eigenvalue weighted by Crippen LogP contribution is 2.44. The molecule has 0 saturated heterocycles. The topological polar surface area (TPSA) is 99.0 Å². The van der Waals surface area contributed by atoms with Crippen molar-refractivity contribution in [3.8, 4) is 27.7 Å². The maximum Gasteiger partial charge on any atom is 0.223 e. The summed E-state index contributed by atoms with van der Waals surface area (Å²) in [6.07, 6.45) is 3.15. The molecule has 3 heterocycles. The van der Waals surface area contributed by atoms with Gasteiger partial charge in [0.2, 0.25) is 5.91 Å². The molecule has 0 fully saturated rings. The smallest absolute Gasteiger partial charge is 0.223 e. The zero-order valence-electron chi connectivity index (χ0n) is 15.4. The minimum Gasteiger partial charge on any atom is -0.463 e. The lowest BCUT2D eigenvalue weighted by molar-refractivity contribution is -0.114. The minimum absolute atomic E-state index is 0.150. The third-order valence-corrected chi connectivity index (χ3v) is 6.07. The van der Waals surface area contributed by atoms with Gasteiger partial charge in [0, 0.05) is 18.2 Å². The van der Waals surface area contributed by atoms with Gasteiger partial charge >= 0.3 is 0 Å². The first-order chi connectivity index (χ1) is 14.0. The van der Waals surface area contributed by atoms with Crippen LogP contribution >= 0.6 is 22.9 Å². The number of anilines is 2. The monoisotopic (exact) mass is 425 g/mol. The second kappa shape index (κ2) is 6.75. The molecule has 0 spiro atoms. The maximum absolute atomic E-state index is 11.5. The molecule has 0 atom stereocenters. The first-order valence-electron chi connectivity index (χ1n) is 9.00. The number of nitrogen functional groups attached to an aromatic ring is 1. The van der Waals surface area contributed by atoms with Gasteiger partial charge in [-0.2, -0.15) is 5.10 Å². The number of carbonyl (C=O) groups excluding carboxylic acids is 1. The van der Waals surface area contributed by atoms with Crippen LogP contribution in [-0.4, -0.2) is 20.7 Å². The molecule has 3 aromatic heterocycles. The Labute approximate surface area is 175 Å². The molecule has 1 aliphatic carbocycles. The Bertz CT molecular complexity index is 1240. The number of hydrogen-bond donors (Lipinski definition) is 2. The molecule has 1 aliphatic rings. The number of amides is 1. The molecular formula is C20H16ClN5O2S.